The smallest absolute Gasteiger partial charge is 0.723 e. The maximum atomic E-state index is 9.45. The van der Waals surface area contributed by atoms with Crippen LogP contribution in [0, 0.1) is 0 Å². The van der Waals surface area contributed by atoms with Crippen molar-refractivity contribution in [3.8, 4) is 0 Å². The minimum Gasteiger partial charge on any atom is -0.723 e. The Kier molecular flexibility index (Phi) is 12.6. The summed E-state index contributed by atoms with van der Waals surface area (Å²) in [6, 6.07) is 27.1. The summed E-state index contributed by atoms with van der Waals surface area (Å²) in [6.07, 6.45) is 1.99. The van der Waals surface area contributed by atoms with Gasteiger partial charge in [0.05, 0.1) is 18.0 Å². The number of allylic oxidation sites excluding steroid dienone is 1. The number of nitrogens with zero attached hydrogens (tertiary/aromatic N) is 2. The molecule has 1 heterocycles. The van der Waals surface area contributed by atoms with Gasteiger partial charge in [0.1, 0.15) is 0 Å². The molecule has 202 valence electrons. The molecule has 39 heavy (non-hydrogen) atoms. The number of rotatable bonds is 6. The largest absolute Gasteiger partial charge is 2.00 e. The van der Waals surface area contributed by atoms with Gasteiger partial charge in [0.25, 0.3) is 0 Å². The maximum Gasteiger partial charge on any atom is 2.00 e. The summed E-state index contributed by atoms with van der Waals surface area (Å²) in [5.41, 5.74) is 6.15. The zero-order chi connectivity index (χ0) is 27.7. The van der Waals surface area contributed by atoms with Crippen LogP contribution in [0.5, 0.6) is 0 Å². The van der Waals surface area contributed by atoms with Gasteiger partial charge >= 0.3 is 19.5 Å². The third-order valence-electron chi connectivity index (χ3n) is 6.01. The molecule has 6 heteroatoms. The maximum absolute atomic E-state index is 9.45. The molecular weight excluding hydrogens is 538 g/mol. The zero-order valence-corrected chi connectivity index (χ0v) is 27.3. The van der Waals surface area contributed by atoms with Crippen LogP contribution in [0.25, 0.3) is 5.32 Å². The molecule has 1 fully saturated rings. The van der Waals surface area contributed by atoms with E-state index < -0.39 is 5.60 Å². The summed E-state index contributed by atoms with van der Waals surface area (Å²) in [6.45, 7) is 14.6. The van der Waals surface area contributed by atoms with Gasteiger partial charge in [0.2, 0.25) is 0 Å². The van der Waals surface area contributed by atoms with Gasteiger partial charge in [-0.05, 0) is 49.8 Å². The number of para-hydroxylation sites is 1. The van der Waals surface area contributed by atoms with Gasteiger partial charge in [-0.15, -0.1) is 0 Å². The molecule has 0 saturated carbocycles. The molecule has 5 nitrogen and oxygen atoms in total. The number of benzene rings is 3. The molecule has 4 rings (SSSR count). The fraction of sp³-hybridized carbons (Fsp3) is 0.364. The van der Waals surface area contributed by atoms with Crippen molar-refractivity contribution in [2.45, 2.75) is 71.9 Å². The van der Waals surface area contributed by atoms with E-state index in [0.29, 0.717) is 24.3 Å². The van der Waals surface area contributed by atoms with E-state index in [0.717, 1.165) is 17.0 Å². The fourth-order valence-electron chi connectivity index (χ4n) is 3.98. The predicted octanol–water partition coefficient (Wildman–Crippen LogP) is 8.12. The molecule has 1 atom stereocenters. The minimum atomic E-state index is -0.514. The van der Waals surface area contributed by atoms with E-state index in [1.165, 1.54) is 16.7 Å². The van der Waals surface area contributed by atoms with Gasteiger partial charge in [0, 0.05) is 17.0 Å². The van der Waals surface area contributed by atoms with Gasteiger partial charge in [-0.1, -0.05) is 118 Å². The van der Waals surface area contributed by atoms with Crippen LogP contribution in [0.2, 0.25) is 0 Å². The first-order valence-electron chi connectivity index (χ1n) is 13.3. The molecule has 0 amide bonds. The second-order valence-corrected chi connectivity index (χ2v) is 11.0. The second-order valence-electron chi connectivity index (χ2n) is 11.0. The SMILES string of the molecule is CC(C)(C)O[O-].CC(C)c1cccc(C(C)C)c1N=C(C=C1[N-][C@@H](c2ccccc2)CO1)c1ccccc1.[Zn+2]. The van der Waals surface area contributed by atoms with Gasteiger partial charge in [-0.3, -0.25) is 0 Å². The molecule has 0 aromatic heterocycles. The number of hydrogen-bond acceptors (Lipinski definition) is 4. The average Bonchev–Trinajstić information content (AvgIpc) is 3.38. The van der Waals surface area contributed by atoms with Gasteiger partial charge in [-0.2, -0.15) is 0 Å². The van der Waals surface area contributed by atoms with Crippen molar-refractivity contribution >= 4 is 11.4 Å². The van der Waals surface area contributed by atoms with Crippen molar-refractivity contribution in [1.82, 2.24) is 0 Å². The Labute approximate surface area is 247 Å². The fourth-order valence-corrected chi connectivity index (χ4v) is 3.98. The van der Waals surface area contributed by atoms with Crippen LogP contribution in [0.3, 0.4) is 0 Å². The molecule has 0 radical (unpaired) electrons. The topological polar surface area (TPSA) is 68.0 Å². The van der Waals surface area contributed by atoms with Gasteiger partial charge in [0.15, 0.2) is 0 Å². The second kappa shape index (κ2) is 15.1. The molecule has 1 aliphatic rings. The van der Waals surface area contributed by atoms with E-state index in [1.54, 1.807) is 20.8 Å². The summed E-state index contributed by atoms with van der Waals surface area (Å²) < 4.78 is 5.98. The zero-order valence-electron chi connectivity index (χ0n) is 24.3. The van der Waals surface area contributed by atoms with E-state index in [-0.39, 0.29) is 25.5 Å². The van der Waals surface area contributed by atoms with Gasteiger partial charge < -0.3 is 20.2 Å². The average molecular weight is 578 g/mol. The molecule has 1 aliphatic heterocycles. The van der Waals surface area contributed by atoms with Crippen LogP contribution in [0.15, 0.2) is 95.8 Å². The Morgan fingerprint density at radius 3 is 1.90 bits per heavy atom. The van der Waals surface area contributed by atoms with Crippen LogP contribution in [-0.2, 0) is 29.1 Å². The molecule has 3 aromatic carbocycles. The number of aliphatic imine (C=N–C) groups is 1. The van der Waals surface area contributed by atoms with Crippen LogP contribution >= 0.6 is 0 Å². The standard InChI is InChI=1S/C29H31N2O.C4H10O2.Zn/c1-20(2)24-16-11-17-25(21(3)4)29(24)31-26(22-12-7-5-8-13-22)18-28-30-27(19-32-28)23-14-9-6-10-15-23;1-4(2,3)6-5;/h5-18,20-21,27H,19H2,1-4H3;5H,1-3H3;/q-1;;+2/p-1/t27-;;/m1../s1. The van der Waals surface area contributed by atoms with E-state index in [1.807, 2.05) is 42.5 Å². The van der Waals surface area contributed by atoms with E-state index in [9.17, 15) is 5.26 Å². The molecular formula is C33H40N2O3Zn. The van der Waals surface area contributed by atoms with Crippen molar-refractivity contribution in [3.63, 3.8) is 0 Å². The molecule has 3 aromatic rings. The van der Waals surface area contributed by atoms with Crippen molar-refractivity contribution in [3.05, 3.63) is 118 Å². The van der Waals surface area contributed by atoms with Crippen LogP contribution < -0.4 is 5.26 Å². The Morgan fingerprint density at radius 2 is 1.41 bits per heavy atom. The summed E-state index contributed by atoms with van der Waals surface area (Å²) in [5, 5.41) is 14.3. The van der Waals surface area contributed by atoms with Crippen molar-refractivity contribution in [2.24, 2.45) is 4.99 Å². The first-order valence-corrected chi connectivity index (χ1v) is 13.3. The number of ether oxygens (including phenoxy) is 1. The summed E-state index contributed by atoms with van der Waals surface area (Å²) in [5.74, 6) is 1.40. The molecule has 0 bridgehead atoms. The third kappa shape index (κ3) is 9.72. The van der Waals surface area contributed by atoms with Crippen LogP contribution in [-0.4, -0.2) is 17.9 Å². The normalized spacial score (nSPS) is 16.3. The minimum absolute atomic E-state index is 0. The molecule has 1 saturated heterocycles. The Hall–Kier alpha value is -2.79. The number of hydrogen-bond donors (Lipinski definition) is 0. The van der Waals surface area contributed by atoms with E-state index >= 15 is 0 Å². The first kappa shape index (κ1) is 32.4. The molecule has 0 unspecified atom stereocenters. The molecule has 0 aliphatic carbocycles. The van der Waals surface area contributed by atoms with Crippen LogP contribution in [0.1, 0.15) is 88.6 Å². The molecule has 0 spiro atoms. The monoisotopic (exact) mass is 576 g/mol. The Morgan fingerprint density at radius 1 is 0.897 bits per heavy atom. The van der Waals surface area contributed by atoms with E-state index in [4.69, 9.17) is 15.0 Å². The predicted molar refractivity (Wildman–Crippen MR) is 155 cm³/mol. The summed E-state index contributed by atoms with van der Waals surface area (Å²) >= 11 is 0. The summed E-state index contributed by atoms with van der Waals surface area (Å²) in [7, 11) is 0. The van der Waals surface area contributed by atoms with Crippen molar-refractivity contribution in [2.75, 3.05) is 6.61 Å². The van der Waals surface area contributed by atoms with Crippen molar-refractivity contribution in [1.29, 1.82) is 0 Å². The first-order chi connectivity index (χ1) is 18.1. The van der Waals surface area contributed by atoms with Gasteiger partial charge in [-0.25, -0.2) is 4.99 Å². The Bertz CT molecular complexity index is 1190. The third-order valence-corrected chi connectivity index (χ3v) is 6.01. The molecule has 0 N–H and O–H groups in total. The quantitative estimate of drug-likeness (QED) is 0.129. The summed E-state index contributed by atoms with van der Waals surface area (Å²) in [4.78, 5) is 8.92. The Balaban J connectivity index is 0.000000687. The van der Waals surface area contributed by atoms with Crippen molar-refractivity contribution < 1.29 is 34.4 Å². The van der Waals surface area contributed by atoms with Crippen LogP contribution in [0.4, 0.5) is 5.69 Å². The van der Waals surface area contributed by atoms with E-state index in [2.05, 4.69) is 75.0 Å².